The van der Waals surface area contributed by atoms with Crippen molar-refractivity contribution in [1.29, 1.82) is 0 Å². The first-order valence-corrected chi connectivity index (χ1v) is 5.81. The first-order chi connectivity index (χ1) is 6.83. The first kappa shape index (κ1) is 10.3. The van der Waals surface area contributed by atoms with Crippen molar-refractivity contribution < 1.29 is 0 Å². The second kappa shape index (κ2) is 4.52. The highest BCUT2D eigenvalue weighted by Crippen LogP contribution is 2.34. The summed E-state index contributed by atoms with van der Waals surface area (Å²) in [6.07, 6.45) is 0.956. The van der Waals surface area contributed by atoms with Crippen molar-refractivity contribution >= 4 is 23.2 Å². The third-order valence-electron chi connectivity index (χ3n) is 2.63. The molecule has 2 rings (SSSR count). The van der Waals surface area contributed by atoms with Gasteiger partial charge in [0.25, 0.3) is 0 Å². The van der Waals surface area contributed by atoms with Crippen LogP contribution in [0.3, 0.4) is 0 Å². The molecule has 0 aromatic heterocycles. The summed E-state index contributed by atoms with van der Waals surface area (Å²) in [6.45, 7) is 0.809. The van der Waals surface area contributed by atoms with Crippen LogP contribution in [0, 0.1) is 0 Å². The third-order valence-corrected chi connectivity index (χ3v) is 3.22. The van der Waals surface area contributed by atoms with E-state index in [1.807, 2.05) is 0 Å². The molecule has 0 saturated carbocycles. The molecule has 0 heterocycles. The van der Waals surface area contributed by atoms with E-state index in [9.17, 15) is 0 Å². The minimum absolute atomic E-state index is 0.163. The molecule has 14 heavy (non-hydrogen) atoms. The quantitative estimate of drug-likeness (QED) is 0.787. The number of hydrogen-bond acceptors (Lipinski definition) is 1. The highest BCUT2D eigenvalue weighted by atomic mass is 35.5. The van der Waals surface area contributed by atoms with Gasteiger partial charge in [0.1, 0.15) is 0 Å². The second-order valence-electron chi connectivity index (χ2n) is 3.54. The molecule has 3 heteroatoms. The van der Waals surface area contributed by atoms with Crippen LogP contribution in [0.5, 0.6) is 0 Å². The van der Waals surface area contributed by atoms with Crippen molar-refractivity contribution in [3.8, 4) is 0 Å². The normalized spacial score (nSPS) is 25.0. The number of halogens is 2. The minimum atomic E-state index is 0.163. The topological polar surface area (TPSA) is 12.0 Å². The fourth-order valence-electron chi connectivity index (χ4n) is 1.99. The summed E-state index contributed by atoms with van der Waals surface area (Å²) < 4.78 is 0. The Morgan fingerprint density at radius 2 is 2.14 bits per heavy atom. The van der Waals surface area contributed by atoms with E-state index < -0.39 is 0 Å². The van der Waals surface area contributed by atoms with E-state index in [1.165, 1.54) is 11.1 Å². The molecule has 0 radical (unpaired) electrons. The lowest BCUT2D eigenvalue weighted by Crippen LogP contribution is -2.27. The molecule has 2 atom stereocenters. The van der Waals surface area contributed by atoms with Crippen LogP contribution < -0.4 is 5.32 Å². The van der Waals surface area contributed by atoms with Crippen molar-refractivity contribution in [3.05, 3.63) is 35.4 Å². The lowest BCUT2D eigenvalue weighted by Gasteiger charge is -2.16. The highest BCUT2D eigenvalue weighted by Gasteiger charge is 2.29. The Morgan fingerprint density at radius 3 is 2.93 bits per heavy atom. The summed E-state index contributed by atoms with van der Waals surface area (Å²) in [6, 6.07) is 8.68. The average Bonchev–Trinajstić information content (AvgIpc) is 2.51. The number of nitrogens with one attached hydrogen (secondary N) is 1. The van der Waals surface area contributed by atoms with E-state index in [4.69, 9.17) is 23.2 Å². The van der Waals surface area contributed by atoms with Crippen LogP contribution >= 0.6 is 23.2 Å². The van der Waals surface area contributed by atoms with Crippen LogP contribution in [-0.2, 0) is 6.42 Å². The molecule has 0 fully saturated rings. The lowest BCUT2D eigenvalue weighted by atomic mass is 10.1. The Bertz CT molecular complexity index is 314. The average molecular weight is 230 g/mol. The van der Waals surface area contributed by atoms with Crippen LogP contribution in [0.15, 0.2) is 24.3 Å². The molecule has 0 amide bonds. The maximum atomic E-state index is 6.27. The van der Waals surface area contributed by atoms with Gasteiger partial charge in [-0.25, -0.2) is 0 Å². The molecule has 1 aliphatic carbocycles. The Kier molecular flexibility index (Phi) is 3.32. The Balaban J connectivity index is 2.17. The zero-order valence-electron chi connectivity index (χ0n) is 7.84. The molecule has 0 unspecified atom stereocenters. The van der Waals surface area contributed by atoms with Gasteiger partial charge in [0.2, 0.25) is 0 Å². The van der Waals surface area contributed by atoms with E-state index in [-0.39, 0.29) is 11.4 Å². The zero-order valence-corrected chi connectivity index (χ0v) is 9.35. The van der Waals surface area contributed by atoms with Crippen LogP contribution in [0.25, 0.3) is 0 Å². The predicted octanol–water partition coefficient (Wildman–Crippen LogP) is 2.72. The summed E-state index contributed by atoms with van der Waals surface area (Å²) in [7, 11) is 0. The van der Waals surface area contributed by atoms with Gasteiger partial charge < -0.3 is 5.32 Å². The number of rotatable bonds is 3. The molecule has 1 aromatic rings. The molecule has 0 bridgehead atoms. The zero-order chi connectivity index (χ0) is 9.97. The smallest absolute Gasteiger partial charge is 0.0571 e. The number of hydrogen-bond donors (Lipinski definition) is 1. The van der Waals surface area contributed by atoms with E-state index >= 15 is 0 Å². The van der Waals surface area contributed by atoms with Crippen molar-refractivity contribution in [2.24, 2.45) is 0 Å². The van der Waals surface area contributed by atoms with Gasteiger partial charge in [0, 0.05) is 18.5 Å². The summed E-state index contributed by atoms with van der Waals surface area (Å²) in [5, 5.41) is 3.54. The van der Waals surface area contributed by atoms with Gasteiger partial charge in [-0.1, -0.05) is 24.3 Å². The first-order valence-electron chi connectivity index (χ1n) is 4.84. The fraction of sp³-hybridized carbons (Fsp3) is 0.455. The largest absolute Gasteiger partial charge is 0.307 e. The molecule has 76 valence electrons. The summed E-state index contributed by atoms with van der Waals surface area (Å²) in [4.78, 5) is 0. The maximum Gasteiger partial charge on any atom is 0.0571 e. The van der Waals surface area contributed by atoms with Crippen LogP contribution in [0.1, 0.15) is 17.2 Å². The van der Waals surface area contributed by atoms with Crippen molar-refractivity contribution in [2.45, 2.75) is 17.8 Å². The SMILES string of the molecule is ClCCN[C@H]1c2ccccc2C[C@@H]1Cl. The summed E-state index contributed by atoms with van der Waals surface area (Å²) >= 11 is 11.9. The maximum absolute atomic E-state index is 6.27. The summed E-state index contributed by atoms with van der Waals surface area (Å²) in [5.41, 5.74) is 2.69. The molecule has 0 aliphatic heterocycles. The van der Waals surface area contributed by atoms with E-state index in [0.29, 0.717) is 5.88 Å². The van der Waals surface area contributed by atoms with Crippen molar-refractivity contribution in [2.75, 3.05) is 12.4 Å². The van der Waals surface area contributed by atoms with Gasteiger partial charge in [0.05, 0.1) is 5.38 Å². The third kappa shape index (κ3) is 1.90. The lowest BCUT2D eigenvalue weighted by molar-refractivity contribution is 0.557. The molecule has 1 N–H and O–H groups in total. The van der Waals surface area contributed by atoms with Crippen molar-refractivity contribution in [1.82, 2.24) is 5.32 Å². The van der Waals surface area contributed by atoms with E-state index in [2.05, 4.69) is 29.6 Å². The molecular weight excluding hydrogens is 217 g/mol. The Hall–Kier alpha value is -0.240. The summed E-state index contributed by atoms with van der Waals surface area (Å²) in [5.74, 6) is 0.627. The monoisotopic (exact) mass is 229 g/mol. The fourth-order valence-corrected chi connectivity index (χ4v) is 2.49. The van der Waals surface area contributed by atoms with E-state index in [0.717, 1.165) is 13.0 Å². The number of alkyl halides is 2. The van der Waals surface area contributed by atoms with Gasteiger partial charge >= 0.3 is 0 Å². The second-order valence-corrected chi connectivity index (χ2v) is 4.48. The Morgan fingerprint density at radius 1 is 1.36 bits per heavy atom. The van der Waals surface area contributed by atoms with Gasteiger partial charge in [-0.15, -0.1) is 23.2 Å². The Labute approximate surface area is 94.4 Å². The minimum Gasteiger partial charge on any atom is -0.307 e. The molecule has 1 aromatic carbocycles. The van der Waals surface area contributed by atoms with Crippen LogP contribution in [0.2, 0.25) is 0 Å². The number of benzene rings is 1. The van der Waals surface area contributed by atoms with Crippen LogP contribution in [-0.4, -0.2) is 17.8 Å². The molecule has 0 spiro atoms. The molecule has 0 saturated heterocycles. The van der Waals surface area contributed by atoms with Gasteiger partial charge in [-0.3, -0.25) is 0 Å². The molecular formula is C11H13Cl2N. The van der Waals surface area contributed by atoms with E-state index in [1.54, 1.807) is 0 Å². The molecule has 1 aliphatic rings. The highest BCUT2D eigenvalue weighted by molar-refractivity contribution is 6.21. The number of fused-ring (bicyclic) bond motifs is 1. The van der Waals surface area contributed by atoms with Gasteiger partial charge in [0.15, 0.2) is 0 Å². The molecule has 1 nitrogen and oxygen atoms in total. The van der Waals surface area contributed by atoms with Crippen LogP contribution in [0.4, 0.5) is 0 Å². The standard InChI is InChI=1S/C11H13Cl2N/c12-5-6-14-11-9-4-2-1-3-8(9)7-10(11)13/h1-4,10-11,14H,5-7H2/t10-,11-/m0/s1. The predicted molar refractivity (Wildman–Crippen MR) is 61.3 cm³/mol. The van der Waals surface area contributed by atoms with Crippen molar-refractivity contribution in [3.63, 3.8) is 0 Å². The van der Waals surface area contributed by atoms with Gasteiger partial charge in [-0.05, 0) is 17.5 Å². The van der Waals surface area contributed by atoms with Gasteiger partial charge in [-0.2, -0.15) is 0 Å².